The maximum Gasteiger partial charge on any atom is 0.515 e. The molecule has 1 unspecified atom stereocenters. The van der Waals surface area contributed by atoms with Gasteiger partial charge < -0.3 is 18.0 Å². The molecular formula is C10H22O5Si. The molecule has 0 radical (unpaired) electrons. The molecule has 0 aromatic heterocycles. The van der Waals surface area contributed by atoms with E-state index in [0.29, 0.717) is 19.8 Å². The van der Waals surface area contributed by atoms with Gasteiger partial charge in [-0.3, -0.25) is 4.79 Å². The number of hydrogen-bond donors (Lipinski definition) is 0. The molecule has 0 amide bonds. The lowest BCUT2D eigenvalue weighted by Crippen LogP contribution is -2.52. The summed E-state index contributed by atoms with van der Waals surface area (Å²) in [6, 6.07) is 0. The Bertz CT molecular complexity index is 192. The highest BCUT2D eigenvalue weighted by atomic mass is 28.4. The Morgan fingerprint density at radius 3 is 1.69 bits per heavy atom. The molecule has 0 rings (SSSR count). The zero-order valence-electron chi connectivity index (χ0n) is 10.7. The van der Waals surface area contributed by atoms with Crippen LogP contribution in [0.4, 0.5) is 0 Å². The summed E-state index contributed by atoms with van der Waals surface area (Å²) in [7, 11) is -1.61. The van der Waals surface area contributed by atoms with E-state index in [1.165, 1.54) is 7.11 Å². The second-order valence-corrected chi connectivity index (χ2v) is 6.09. The van der Waals surface area contributed by atoms with Gasteiger partial charge in [-0.25, -0.2) is 0 Å². The van der Waals surface area contributed by atoms with Crippen LogP contribution in [0.25, 0.3) is 0 Å². The molecule has 0 aliphatic carbocycles. The molecule has 0 saturated heterocycles. The molecule has 0 aromatic carbocycles. The van der Waals surface area contributed by atoms with Gasteiger partial charge in [0.15, 0.2) is 0 Å². The fourth-order valence-corrected chi connectivity index (χ4v) is 4.04. The topological polar surface area (TPSA) is 54.0 Å². The van der Waals surface area contributed by atoms with Crippen LogP contribution in [0.3, 0.4) is 0 Å². The summed E-state index contributed by atoms with van der Waals surface area (Å²) >= 11 is 0. The van der Waals surface area contributed by atoms with Crippen molar-refractivity contribution in [1.82, 2.24) is 0 Å². The number of rotatable bonds is 8. The van der Waals surface area contributed by atoms with Crippen LogP contribution in [-0.2, 0) is 22.8 Å². The summed E-state index contributed by atoms with van der Waals surface area (Å²) in [5.74, 6) is -0.359. The van der Waals surface area contributed by atoms with Crippen LogP contribution in [0.1, 0.15) is 27.7 Å². The Morgan fingerprint density at radius 1 is 1.06 bits per heavy atom. The number of esters is 1. The van der Waals surface area contributed by atoms with Crippen LogP contribution in [0.5, 0.6) is 0 Å². The number of carbonyl (C=O) groups is 1. The van der Waals surface area contributed by atoms with Gasteiger partial charge in [0.25, 0.3) is 0 Å². The van der Waals surface area contributed by atoms with Gasteiger partial charge in [0, 0.05) is 19.8 Å². The Kier molecular flexibility index (Phi) is 7.57. The number of hydrogen-bond acceptors (Lipinski definition) is 5. The maximum atomic E-state index is 11.6. The van der Waals surface area contributed by atoms with Crippen molar-refractivity contribution in [1.29, 1.82) is 0 Å². The van der Waals surface area contributed by atoms with Crippen molar-refractivity contribution in [3.05, 3.63) is 0 Å². The van der Waals surface area contributed by atoms with E-state index in [2.05, 4.69) is 0 Å². The minimum atomic E-state index is -2.96. The van der Waals surface area contributed by atoms with Crippen LogP contribution in [0, 0.1) is 0 Å². The number of carbonyl (C=O) groups excluding carboxylic acids is 1. The lowest BCUT2D eigenvalue weighted by molar-refractivity contribution is -0.141. The Labute approximate surface area is 98.4 Å². The SMILES string of the molecule is CCO[Si](OCC)(OCC)C(C)C(=O)OC. The second-order valence-electron chi connectivity index (χ2n) is 3.15. The Hall–Kier alpha value is -0.433. The summed E-state index contributed by atoms with van der Waals surface area (Å²) in [5.41, 5.74) is -0.502. The smallest absolute Gasteiger partial charge is 0.469 e. The third-order valence-corrected chi connectivity index (χ3v) is 5.49. The lowest BCUT2D eigenvalue weighted by Gasteiger charge is -2.31. The number of ether oxygens (including phenoxy) is 1. The molecule has 0 aromatic rings. The zero-order valence-corrected chi connectivity index (χ0v) is 11.7. The van der Waals surface area contributed by atoms with Gasteiger partial charge in [0.2, 0.25) is 0 Å². The fraction of sp³-hybridized carbons (Fsp3) is 0.900. The third-order valence-electron chi connectivity index (χ3n) is 2.12. The summed E-state index contributed by atoms with van der Waals surface area (Å²) in [5, 5.41) is 0. The van der Waals surface area contributed by atoms with Crippen molar-refractivity contribution >= 4 is 14.8 Å². The van der Waals surface area contributed by atoms with Crippen LogP contribution in [-0.4, -0.2) is 41.7 Å². The summed E-state index contributed by atoms with van der Waals surface area (Å²) in [6.45, 7) is 8.63. The fourth-order valence-electron chi connectivity index (χ4n) is 1.42. The minimum absolute atomic E-state index is 0.359. The van der Waals surface area contributed by atoms with E-state index in [1.807, 2.05) is 20.8 Å². The lowest BCUT2D eigenvalue weighted by atomic mass is 10.5. The first-order chi connectivity index (χ1) is 7.57. The molecule has 0 N–H and O–H groups in total. The first-order valence-electron chi connectivity index (χ1n) is 5.57. The van der Waals surface area contributed by atoms with Crippen molar-refractivity contribution in [3.8, 4) is 0 Å². The summed E-state index contributed by atoms with van der Waals surface area (Å²) < 4.78 is 21.5. The van der Waals surface area contributed by atoms with E-state index >= 15 is 0 Å². The van der Waals surface area contributed by atoms with Gasteiger partial charge in [-0.05, 0) is 27.7 Å². The van der Waals surface area contributed by atoms with Crippen molar-refractivity contribution in [3.63, 3.8) is 0 Å². The molecule has 1 atom stereocenters. The van der Waals surface area contributed by atoms with Gasteiger partial charge in [-0.1, -0.05) is 0 Å². The first-order valence-corrected chi connectivity index (χ1v) is 7.37. The normalized spacial score (nSPS) is 13.6. The monoisotopic (exact) mass is 250 g/mol. The highest BCUT2D eigenvalue weighted by molar-refractivity contribution is 6.66. The number of methoxy groups -OCH3 is 1. The molecule has 0 heterocycles. The molecule has 5 nitrogen and oxygen atoms in total. The molecular weight excluding hydrogens is 228 g/mol. The first kappa shape index (κ1) is 15.6. The highest BCUT2D eigenvalue weighted by Crippen LogP contribution is 2.26. The van der Waals surface area contributed by atoms with Crippen LogP contribution < -0.4 is 0 Å². The van der Waals surface area contributed by atoms with Gasteiger partial charge >= 0.3 is 14.8 Å². The third kappa shape index (κ3) is 3.86. The molecule has 0 aliphatic heterocycles. The molecule has 0 saturated carbocycles. The molecule has 0 fully saturated rings. The highest BCUT2D eigenvalue weighted by Gasteiger charge is 2.51. The van der Waals surface area contributed by atoms with Crippen molar-refractivity contribution < 1.29 is 22.8 Å². The molecule has 16 heavy (non-hydrogen) atoms. The Balaban J connectivity index is 4.89. The summed E-state index contributed by atoms with van der Waals surface area (Å²) in [6.07, 6.45) is 0. The van der Waals surface area contributed by atoms with Crippen molar-refractivity contribution in [2.75, 3.05) is 26.9 Å². The van der Waals surface area contributed by atoms with E-state index < -0.39 is 14.3 Å². The maximum absolute atomic E-state index is 11.6. The average Bonchev–Trinajstić information content (AvgIpc) is 2.28. The van der Waals surface area contributed by atoms with E-state index in [9.17, 15) is 4.79 Å². The van der Waals surface area contributed by atoms with Gasteiger partial charge in [0.1, 0.15) is 5.54 Å². The largest absolute Gasteiger partial charge is 0.515 e. The van der Waals surface area contributed by atoms with Gasteiger partial charge in [-0.2, -0.15) is 0 Å². The molecule has 6 heteroatoms. The van der Waals surface area contributed by atoms with Gasteiger partial charge in [-0.15, -0.1) is 0 Å². The summed E-state index contributed by atoms with van der Waals surface area (Å²) in [4.78, 5) is 11.6. The van der Waals surface area contributed by atoms with Crippen LogP contribution in [0.2, 0.25) is 5.54 Å². The van der Waals surface area contributed by atoms with E-state index in [4.69, 9.17) is 18.0 Å². The molecule has 96 valence electrons. The van der Waals surface area contributed by atoms with E-state index in [1.54, 1.807) is 6.92 Å². The predicted molar refractivity (Wildman–Crippen MR) is 62.1 cm³/mol. The quantitative estimate of drug-likeness (QED) is 0.484. The molecule has 0 aliphatic rings. The predicted octanol–water partition coefficient (Wildman–Crippen LogP) is 1.60. The zero-order chi connectivity index (χ0) is 12.6. The average molecular weight is 250 g/mol. The van der Waals surface area contributed by atoms with Crippen LogP contribution >= 0.6 is 0 Å². The van der Waals surface area contributed by atoms with Crippen molar-refractivity contribution in [2.45, 2.75) is 33.2 Å². The molecule has 0 spiro atoms. The van der Waals surface area contributed by atoms with E-state index in [0.717, 1.165) is 0 Å². The second kappa shape index (κ2) is 7.78. The van der Waals surface area contributed by atoms with Crippen LogP contribution in [0.15, 0.2) is 0 Å². The van der Waals surface area contributed by atoms with Gasteiger partial charge in [0.05, 0.1) is 7.11 Å². The Morgan fingerprint density at radius 2 is 1.44 bits per heavy atom. The van der Waals surface area contributed by atoms with E-state index in [-0.39, 0.29) is 5.97 Å². The minimum Gasteiger partial charge on any atom is -0.469 e. The standard InChI is InChI=1S/C10H22O5Si/c1-6-13-16(14-7-2,15-8-3)9(4)10(11)12-5/h9H,6-8H2,1-5H3. The van der Waals surface area contributed by atoms with Crippen molar-refractivity contribution in [2.24, 2.45) is 0 Å². The molecule has 0 bridgehead atoms.